The first-order chi connectivity index (χ1) is 13.8. The van der Waals surface area contributed by atoms with Gasteiger partial charge in [-0.15, -0.1) is 11.8 Å². The molecular weight excluding hydrogens is 382 g/mol. The summed E-state index contributed by atoms with van der Waals surface area (Å²) in [4.78, 5) is 28.8. The van der Waals surface area contributed by atoms with Crippen molar-refractivity contribution in [1.82, 2.24) is 10.2 Å². The largest absolute Gasteiger partial charge is 0.326 e. The van der Waals surface area contributed by atoms with Crippen molar-refractivity contribution in [3.05, 3.63) is 70.9 Å². The summed E-state index contributed by atoms with van der Waals surface area (Å²) in [5, 5.41) is 12.3. The molecule has 1 saturated heterocycles. The molecule has 6 heteroatoms. The van der Waals surface area contributed by atoms with Gasteiger partial charge in [0.15, 0.2) is 0 Å². The lowest BCUT2D eigenvalue weighted by Crippen LogP contribution is -2.64. The standard InChI is InChI=1S/C23H23N3O2S/c1-15(19-12-18(29-4)11-10-17(19)14-24)20-21(27)26(3)23(2,22(28)25-20)13-16-8-6-5-7-9-16/h5-12H,13H2,1-4H3,(H,25,28). The van der Waals surface area contributed by atoms with Crippen LogP contribution in [0.15, 0.2) is 59.1 Å². The van der Waals surface area contributed by atoms with Gasteiger partial charge in [0.2, 0.25) is 0 Å². The number of allylic oxidation sites excluding steroid dienone is 1. The number of nitrogens with zero attached hydrogens (tertiary/aromatic N) is 2. The Morgan fingerprint density at radius 3 is 2.52 bits per heavy atom. The Hall–Kier alpha value is -3.04. The van der Waals surface area contributed by atoms with Crippen molar-refractivity contribution in [3.8, 4) is 6.07 Å². The number of piperazine rings is 1. The lowest BCUT2D eigenvalue weighted by Gasteiger charge is -2.42. The first-order valence-corrected chi connectivity index (χ1v) is 10.5. The van der Waals surface area contributed by atoms with Crippen LogP contribution in [0.1, 0.15) is 30.5 Å². The SMILES string of the molecule is CSc1ccc(C#N)c(C(C)=C2NC(=O)C(C)(Cc3ccccc3)N(C)C2=O)c1. The van der Waals surface area contributed by atoms with Gasteiger partial charge in [-0.05, 0) is 55.0 Å². The van der Waals surface area contributed by atoms with E-state index in [9.17, 15) is 14.9 Å². The number of carbonyl (C=O) groups is 2. The fourth-order valence-corrected chi connectivity index (χ4v) is 3.92. The van der Waals surface area contributed by atoms with Crippen LogP contribution in [0.3, 0.4) is 0 Å². The van der Waals surface area contributed by atoms with Gasteiger partial charge in [0.25, 0.3) is 11.8 Å². The fraction of sp³-hybridized carbons (Fsp3) is 0.261. The average molecular weight is 406 g/mol. The highest BCUT2D eigenvalue weighted by Gasteiger charge is 2.46. The molecule has 0 bridgehead atoms. The molecule has 0 aromatic heterocycles. The number of rotatable bonds is 4. The van der Waals surface area contributed by atoms with E-state index in [0.29, 0.717) is 23.1 Å². The van der Waals surface area contributed by atoms with Crippen LogP contribution in [-0.4, -0.2) is 35.6 Å². The number of thioether (sulfide) groups is 1. The molecule has 148 valence electrons. The van der Waals surface area contributed by atoms with Gasteiger partial charge in [-0.2, -0.15) is 5.26 Å². The van der Waals surface area contributed by atoms with Gasteiger partial charge in [0.1, 0.15) is 11.2 Å². The maximum absolute atomic E-state index is 13.2. The minimum Gasteiger partial charge on any atom is -0.326 e. The van der Waals surface area contributed by atoms with Gasteiger partial charge >= 0.3 is 0 Å². The van der Waals surface area contributed by atoms with Crippen LogP contribution in [0.2, 0.25) is 0 Å². The second-order valence-corrected chi connectivity index (χ2v) is 8.16. The summed E-state index contributed by atoms with van der Waals surface area (Å²) < 4.78 is 0. The molecule has 2 aromatic rings. The maximum Gasteiger partial charge on any atom is 0.271 e. The summed E-state index contributed by atoms with van der Waals surface area (Å²) in [6, 6.07) is 17.3. The lowest BCUT2D eigenvalue weighted by atomic mass is 9.87. The minimum absolute atomic E-state index is 0.220. The van der Waals surface area contributed by atoms with Crippen molar-refractivity contribution in [1.29, 1.82) is 5.26 Å². The second kappa shape index (κ2) is 8.14. The number of hydrogen-bond acceptors (Lipinski definition) is 4. The van der Waals surface area contributed by atoms with E-state index < -0.39 is 5.54 Å². The summed E-state index contributed by atoms with van der Waals surface area (Å²) in [6.45, 7) is 3.54. The molecule has 2 aromatic carbocycles. The molecule has 0 aliphatic carbocycles. The molecule has 1 atom stereocenters. The number of nitriles is 1. The third-order valence-electron chi connectivity index (χ3n) is 5.50. The van der Waals surface area contributed by atoms with Crippen molar-refractivity contribution in [2.75, 3.05) is 13.3 Å². The zero-order valence-electron chi connectivity index (χ0n) is 16.9. The van der Waals surface area contributed by atoms with Crippen molar-refractivity contribution >= 4 is 29.1 Å². The third kappa shape index (κ3) is 3.79. The van der Waals surface area contributed by atoms with Gasteiger partial charge in [-0.1, -0.05) is 30.3 Å². The summed E-state index contributed by atoms with van der Waals surface area (Å²) >= 11 is 1.55. The van der Waals surface area contributed by atoms with E-state index in [0.717, 1.165) is 10.5 Å². The summed E-state index contributed by atoms with van der Waals surface area (Å²) in [7, 11) is 1.65. The van der Waals surface area contributed by atoms with E-state index in [4.69, 9.17) is 0 Å². The molecule has 1 unspecified atom stereocenters. The van der Waals surface area contributed by atoms with E-state index in [-0.39, 0.29) is 17.5 Å². The van der Waals surface area contributed by atoms with E-state index in [2.05, 4.69) is 11.4 Å². The van der Waals surface area contributed by atoms with Crippen LogP contribution in [0.5, 0.6) is 0 Å². The van der Waals surface area contributed by atoms with Crippen LogP contribution >= 0.6 is 11.8 Å². The van der Waals surface area contributed by atoms with Crippen LogP contribution in [0.4, 0.5) is 0 Å². The highest BCUT2D eigenvalue weighted by molar-refractivity contribution is 7.98. The minimum atomic E-state index is -0.999. The quantitative estimate of drug-likeness (QED) is 0.623. The summed E-state index contributed by atoms with van der Waals surface area (Å²) in [5.41, 5.74) is 1.91. The van der Waals surface area contributed by atoms with Gasteiger partial charge in [-0.25, -0.2) is 0 Å². The molecule has 29 heavy (non-hydrogen) atoms. The highest BCUT2D eigenvalue weighted by atomic mass is 32.2. The van der Waals surface area contributed by atoms with Crippen LogP contribution < -0.4 is 5.32 Å². The zero-order chi connectivity index (χ0) is 21.2. The highest BCUT2D eigenvalue weighted by Crippen LogP contribution is 2.31. The van der Waals surface area contributed by atoms with E-state index in [1.165, 1.54) is 4.90 Å². The molecule has 1 aliphatic heterocycles. The first-order valence-electron chi connectivity index (χ1n) is 9.24. The van der Waals surface area contributed by atoms with Crippen LogP contribution in [0, 0.1) is 11.3 Å². The molecule has 5 nitrogen and oxygen atoms in total. The smallest absolute Gasteiger partial charge is 0.271 e. The predicted octanol–water partition coefficient (Wildman–Crippen LogP) is 3.60. The topological polar surface area (TPSA) is 73.2 Å². The van der Waals surface area contributed by atoms with Crippen molar-refractivity contribution in [2.45, 2.75) is 30.7 Å². The molecular formula is C23H23N3O2S. The molecule has 1 fully saturated rings. The summed E-state index contributed by atoms with van der Waals surface area (Å²) in [5.74, 6) is -0.503. The number of nitrogens with one attached hydrogen (secondary N) is 1. The lowest BCUT2D eigenvalue weighted by molar-refractivity contribution is -0.147. The summed E-state index contributed by atoms with van der Waals surface area (Å²) in [6.07, 6.45) is 2.36. The van der Waals surface area contributed by atoms with Crippen LogP contribution in [0.25, 0.3) is 5.57 Å². The normalized spacial score (nSPS) is 20.9. The number of amides is 2. The van der Waals surface area contributed by atoms with Crippen molar-refractivity contribution in [2.24, 2.45) is 0 Å². The number of likely N-dealkylation sites (N-methyl/N-ethyl adjacent to an activating group) is 1. The number of carbonyl (C=O) groups excluding carboxylic acids is 2. The Bertz CT molecular complexity index is 1040. The average Bonchev–Trinajstić information content (AvgIpc) is 2.74. The Balaban J connectivity index is 2.02. The van der Waals surface area contributed by atoms with Gasteiger partial charge in [-0.3, -0.25) is 9.59 Å². The molecule has 0 saturated carbocycles. The monoisotopic (exact) mass is 405 g/mol. The van der Waals surface area contributed by atoms with E-state index in [1.807, 2.05) is 48.7 Å². The molecule has 1 aliphatic rings. The third-order valence-corrected chi connectivity index (χ3v) is 6.23. The van der Waals surface area contributed by atoms with Gasteiger partial charge in [0.05, 0.1) is 11.6 Å². The molecule has 2 amide bonds. The van der Waals surface area contributed by atoms with Gasteiger partial charge in [0, 0.05) is 18.4 Å². The Morgan fingerprint density at radius 1 is 1.21 bits per heavy atom. The molecule has 0 radical (unpaired) electrons. The van der Waals surface area contributed by atoms with E-state index in [1.54, 1.807) is 38.7 Å². The van der Waals surface area contributed by atoms with Gasteiger partial charge < -0.3 is 10.2 Å². The predicted molar refractivity (Wildman–Crippen MR) is 115 cm³/mol. The Labute approximate surface area is 175 Å². The Morgan fingerprint density at radius 2 is 1.90 bits per heavy atom. The Kier molecular flexibility index (Phi) is 5.81. The molecule has 1 N–H and O–H groups in total. The second-order valence-electron chi connectivity index (χ2n) is 7.28. The number of benzene rings is 2. The maximum atomic E-state index is 13.2. The van der Waals surface area contributed by atoms with Crippen molar-refractivity contribution < 1.29 is 9.59 Å². The van der Waals surface area contributed by atoms with Crippen molar-refractivity contribution in [3.63, 3.8) is 0 Å². The number of hydrogen-bond donors (Lipinski definition) is 1. The fourth-order valence-electron chi connectivity index (χ4n) is 3.48. The molecule has 0 spiro atoms. The van der Waals surface area contributed by atoms with E-state index >= 15 is 0 Å². The zero-order valence-corrected chi connectivity index (χ0v) is 17.8. The molecule has 1 heterocycles. The molecule has 3 rings (SSSR count). The van der Waals surface area contributed by atoms with Crippen LogP contribution in [-0.2, 0) is 16.0 Å². The first kappa shape index (κ1) is 20.7.